The summed E-state index contributed by atoms with van der Waals surface area (Å²) in [4.78, 5) is 47.3. The number of amides is 3. The fourth-order valence-electron chi connectivity index (χ4n) is 5.16. The average molecular weight is 521 g/mol. The Morgan fingerprint density at radius 1 is 1.18 bits per heavy atom. The molecule has 1 aliphatic heterocycles. The molecule has 3 aromatic rings. The molecule has 2 N–H and O–H groups in total. The Labute approximate surface area is 221 Å². The summed E-state index contributed by atoms with van der Waals surface area (Å²) in [6, 6.07) is 7.21. The molecule has 1 saturated heterocycles. The summed E-state index contributed by atoms with van der Waals surface area (Å²) in [5.41, 5.74) is 9.37. The minimum absolute atomic E-state index is 0.0143. The number of benzene rings is 1. The van der Waals surface area contributed by atoms with E-state index in [9.17, 15) is 18.8 Å². The number of carbonyl (C=O) groups is 3. The van der Waals surface area contributed by atoms with Crippen LogP contribution < -0.4 is 10.6 Å². The number of aryl methyl sites for hydroxylation is 3. The third-order valence-corrected chi connectivity index (χ3v) is 7.08. The number of likely N-dealkylation sites (tertiary alicyclic amines) is 1. The van der Waals surface area contributed by atoms with Gasteiger partial charge in [0.25, 0.3) is 5.91 Å². The van der Waals surface area contributed by atoms with Crippen LogP contribution in [0.15, 0.2) is 42.7 Å². The van der Waals surface area contributed by atoms with Crippen LogP contribution in [0.25, 0.3) is 0 Å². The number of anilines is 2. The van der Waals surface area contributed by atoms with Crippen molar-refractivity contribution < 1.29 is 18.8 Å². The van der Waals surface area contributed by atoms with E-state index in [0.717, 1.165) is 16.0 Å². The molecule has 10 heteroatoms. The van der Waals surface area contributed by atoms with E-state index in [2.05, 4.69) is 10.1 Å². The van der Waals surface area contributed by atoms with Crippen LogP contribution in [0.1, 0.15) is 48.1 Å². The Morgan fingerprint density at radius 3 is 2.53 bits per heavy atom. The van der Waals surface area contributed by atoms with Gasteiger partial charge in [-0.3, -0.25) is 24.0 Å². The molecule has 4 rings (SSSR count). The standard InChI is InChI=1S/C28H33FN6O3/c1-6-19(20-7-16(2)8-21(29)12-20)13-25(36)35-26(28(38)34(5)22-14-31-33(4)15-22)23(27(35)37)10-18-9-17(3)32-24(30)11-18/h7-9,11-12,14-15,19,23,26H,6,10,13H2,1-5H3,(H2,30,32)/t19-,23+,26-/m0/s1. The fraction of sp³-hybridized carbons (Fsp3) is 0.393. The Kier molecular flexibility index (Phi) is 7.61. The number of nitrogens with zero attached hydrogens (tertiary/aromatic N) is 5. The first-order valence-corrected chi connectivity index (χ1v) is 12.6. The van der Waals surface area contributed by atoms with Crippen LogP contribution in [0.2, 0.25) is 0 Å². The summed E-state index contributed by atoms with van der Waals surface area (Å²) in [5, 5.41) is 4.12. The summed E-state index contributed by atoms with van der Waals surface area (Å²) < 4.78 is 15.6. The van der Waals surface area contributed by atoms with Crippen molar-refractivity contribution in [2.75, 3.05) is 17.7 Å². The zero-order valence-electron chi connectivity index (χ0n) is 22.3. The lowest BCUT2D eigenvalue weighted by molar-refractivity contribution is -0.170. The summed E-state index contributed by atoms with van der Waals surface area (Å²) >= 11 is 0. The second-order valence-electron chi connectivity index (χ2n) is 10.0. The second-order valence-corrected chi connectivity index (χ2v) is 10.0. The van der Waals surface area contributed by atoms with E-state index < -0.39 is 23.8 Å². The van der Waals surface area contributed by atoms with E-state index in [1.165, 1.54) is 17.0 Å². The first-order valence-electron chi connectivity index (χ1n) is 12.6. The number of pyridine rings is 1. The van der Waals surface area contributed by atoms with Crippen molar-refractivity contribution in [3.63, 3.8) is 0 Å². The highest BCUT2D eigenvalue weighted by Crippen LogP contribution is 2.35. The maximum absolute atomic E-state index is 14.1. The number of rotatable bonds is 8. The quantitative estimate of drug-likeness (QED) is 0.456. The van der Waals surface area contributed by atoms with Gasteiger partial charge in [0.05, 0.1) is 17.8 Å². The predicted octanol–water partition coefficient (Wildman–Crippen LogP) is 3.30. The van der Waals surface area contributed by atoms with Gasteiger partial charge in [0, 0.05) is 32.4 Å². The van der Waals surface area contributed by atoms with Crippen molar-refractivity contribution in [3.05, 3.63) is 70.9 Å². The minimum Gasteiger partial charge on any atom is -0.384 e. The van der Waals surface area contributed by atoms with Crippen LogP contribution >= 0.6 is 0 Å². The maximum Gasteiger partial charge on any atom is 0.250 e. The van der Waals surface area contributed by atoms with Crippen molar-refractivity contribution in [3.8, 4) is 0 Å². The molecule has 3 atom stereocenters. The van der Waals surface area contributed by atoms with Crippen molar-refractivity contribution in [2.24, 2.45) is 13.0 Å². The van der Waals surface area contributed by atoms with Crippen molar-refractivity contribution in [1.82, 2.24) is 19.7 Å². The number of imide groups is 1. The molecular weight excluding hydrogens is 487 g/mol. The smallest absolute Gasteiger partial charge is 0.250 e. The lowest BCUT2D eigenvalue weighted by atomic mass is 9.80. The fourth-order valence-corrected chi connectivity index (χ4v) is 5.16. The van der Waals surface area contributed by atoms with Crippen molar-refractivity contribution in [1.29, 1.82) is 0 Å². The lowest BCUT2D eigenvalue weighted by Gasteiger charge is -2.46. The van der Waals surface area contributed by atoms with Crippen LogP contribution in [-0.4, -0.2) is 50.5 Å². The number of carbonyl (C=O) groups excluding carboxylic acids is 3. The number of nitrogen functional groups attached to an aromatic ring is 1. The zero-order chi connectivity index (χ0) is 27.7. The highest BCUT2D eigenvalue weighted by Gasteiger charge is 2.55. The molecule has 0 radical (unpaired) electrons. The van der Waals surface area contributed by atoms with Gasteiger partial charge in [0.2, 0.25) is 11.8 Å². The van der Waals surface area contributed by atoms with E-state index in [1.807, 2.05) is 19.1 Å². The Bertz CT molecular complexity index is 1350. The monoisotopic (exact) mass is 520 g/mol. The van der Waals surface area contributed by atoms with E-state index >= 15 is 0 Å². The molecule has 0 spiro atoms. The molecular formula is C28H33FN6O3. The van der Waals surface area contributed by atoms with Gasteiger partial charge in [0.1, 0.15) is 17.7 Å². The van der Waals surface area contributed by atoms with Gasteiger partial charge in [-0.25, -0.2) is 9.37 Å². The number of hydrogen-bond acceptors (Lipinski definition) is 6. The SMILES string of the molecule is CC[C@@H](CC(=O)N1C(=O)[C@H](Cc2cc(C)nc(N)c2)[C@H]1C(=O)N(C)c1cnn(C)c1)c1cc(C)cc(F)c1. The van der Waals surface area contributed by atoms with E-state index in [1.54, 1.807) is 51.1 Å². The topological polar surface area (TPSA) is 114 Å². The molecule has 0 unspecified atom stereocenters. The molecule has 3 heterocycles. The van der Waals surface area contributed by atoms with Crippen molar-refractivity contribution in [2.45, 2.75) is 52.0 Å². The van der Waals surface area contributed by atoms with E-state index in [4.69, 9.17) is 5.73 Å². The van der Waals surface area contributed by atoms with Crippen LogP contribution in [0, 0.1) is 25.6 Å². The van der Waals surface area contributed by atoms with Crippen molar-refractivity contribution >= 4 is 29.2 Å². The molecule has 200 valence electrons. The highest BCUT2D eigenvalue weighted by atomic mass is 19.1. The van der Waals surface area contributed by atoms with Crippen LogP contribution in [0.3, 0.4) is 0 Å². The number of β-lactam (4-membered cyclic amide) rings is 1. The van der Waals surface area contributed by atoms with Gasteiger partial charge >= 0.3 is 0 Å². The summed E-state index contributed by atoms with van der Waals surface area (Å²) in [5.74, 6) is -2.32. The van der Waals surface area contributed by atoms with Crippen LogP contribution in [-0.2, 0) is 27.9 Å². The molecule has 2 aromatic heterocycles. The number of halogens is 1. The first-order chi connectivity index (χ1) is 18.0. The van der Waals surface area contributed by atoms with E-state index in [0.29, 0.717) is 29.2 Å². The van der Waals surface area contributed by atoms with Gasteiger partial charge in [-0.05, 0) is 73.6 Å². The van der Waals surface area contributed by atoms with Gasteiger partial charge in [0.15, 0.2) is 0 Å². The number of aromatic nitrogens is 3. The minimum atomic E-state index is -0.985. The Hall–Kier alpha value is -4.08. The summed E-state index contributed by atoms with van der Waals surface area (Å²) in [6.07, 6.45) is 4.04. The van der Waals surface area contributed by atoms with E-state index in [-0.39, 0.29) is 30.5 Å². The Morgan fingerprint density at radius 2 is 1.92 bits per heavy atom. The van der Waals surface area contributed by atoms with Gasteiger partial charge < -0.3 is 10.6 Å². The number of hydrogen-bond donors (Lipinski definition) is 1. The van der Waals surface area contributed by atoms with Gasteiger partial charge in [-0.15, -0.1) is 0 Å². The second kappa shape index (κ2) is 10.7. The predicted molar refractivity (Wildman–Crippen MR) is 142 cm³/mol. The molecule has 1 fully saturated rings. The molecule has 38 heavy (non-hydrogen) atoms. The van der Waals surface area contributed by atoms with Crippen LogP contribution in [0.5, 0.6) is 0 Å². The summed E-state index contributed by atoms with van der Waals surface area (Å²) in [7, 11) is 3.34. The third kappa shape index (κ3) is 5.44. The highest BCUT2D eigenvalue weighted by molar-refractivity contribution is 6.12. The first kappa shape index (κ1) is 27.0. The number of likely N-dealkylation sites (N-methyl/N-ethyl adjacent to an activating group) is 1. The summed E-state index contributed by atoms with van der Waals surface area (Å²) in [6.45, 7) is 5.51. The molecule has 0 aliphatic carbocycles. The maximum atomic E-state index is 14.1. The molecule has 1 aliphatic rings. The molecule has 9 nitrogen and oxygen atoms in total. The number of nitrogens with two attached hydrogens (primary N) is 1. The van der Waals surface area contributed by atoms with Gasteiger partial charge in [-0.2, -0.15) is 5.10 Å². The molecule has 3 amide bonds. The largest absolute Gasteiger partial charge is 0.384 e. The Balaban J connectivity index is 1.62. The lowest BCUT2D eigenvalue weighted by Crippen LogP contribution is -2.69. The molecule has 0 bridgehead atoms. The molecule has 1 aromatic carbocycles. The normalized spacial score (nSPS) is 17.7. The average Bonchev–Trinajstić information content (AvgIpc) is 3.28. The molecule has 0 saturated carbocycles. The van der Waals surface area contributed by atoms with Crippen LogP contribution in [0.4, 0.5) is 15.9 Å². The third-order valence-electron chi connectivity index (χ3n) is 7.08. The van der Waals surface area contributed by atoms with Gasteiger partial charge in [-0.1, -0.05) is 13.0 Å². The zero-order valence-corrected chi connectivity index (χ0v) is 22.3.